The maximum Gasteiger partial charge on any atom is 0.258 e. The van der Waals surface area contributed by atoms with Crippen LogP contribution in [0.3, 0.4) is 0 Å². The van der Waals surface area contributed by atoms with Crippen LogP contribution in [0.4, 0.5) is 20.2 Å². The van der Waals surface area contributed by atoms with E-state index in [2.05, 4.69) is 5.32 Å². The second-order valence-electron chi connectivity index (χ2n) is 4.15. The number of halogens is 2. The largest absolute Gasteiger partial charge is 0.399 e. The Labute approximate surface area is 109 Å². The van der Waals surface area contributed by atoms with E-state index in [9.17, 15) is 13.6 Å². The zero-order chi connectivity index (χ0) is 14.0. The molecule has 3 nitrogen and oxygen atoms in total. The monoisotopic (exact) mass is 262 g/mol. The van der Waals surface area contributed by atoms with E-state index in [1.54, 1.807) is 6.92 Å². The van der Waals surface area contributed by atoms with E-state index < -0.39 is 17.5 Å². The van der Waals surface area contributed by atoms with Crippen LogP contribution < -0.4 is 11.1 Å². The highest BCUT2D eigenvalue weighted by Crippen LogP contribution is 2.18. The van der Waals surface area contributed by atoms with E-state index >= 15 is 0 Å². The van der Waals surface area contributed by atoms with Crippen LogP contribution in [-0.2, 0) is 0 Å². The van der Waals surface area contributed by atoms with Gasteiger partial charge in [0.15, 0.2) is 0 Å². The summed E-state index contributed by atoms with van der Waals surface area (Å²) in [4.78, 5) is 11.9. The van der Waals surface area contributed by atoms with E-state index in [-0.39, 0.29) is 5.56 Å². The molecule has 0 saturated carbocycles. The van der Waals surface area contributed by atoms with Gasteiger partial charge < -0.3 is 11.1 Å². The Balaban J connectivity index is 2.28. The minimum atomic E-state index is -0.661. The lowest BCUT2D eigenvalue weighted by Gasteiger charge is -2.09. The van der Waals surface area contributed by atoms with E-state index in [0.29, 0.717) is 16.9 Å². The SMILES string of the molecule is Cc1cc(F)ccc1NC(=O)c1cc(N)ccc1F. The third-order valence-corrected chi connectivity index (χ3v) is 2.67. The van der Waals surface area contributed by atoms with Gasteiger partial charge in [0.25, 0.3) is 5.91 Å². The van der Waals surface area contributed by atoms with Gasteiger partial charge in [-0.15, -0.1) is 0 Å². The summed E-state index contributed by atoms with van der Waals surface area (Å²) in [5.74, 6) is -1.68. The molecular weight excluding hydrogens is 250 g/mol. The average molecular weight is 262 g/mol. The molecule has 3 N–H and O–H groups in total. The second-order valence-corrected chi connectivity index (χ2v) is 4.15. The third kappa shape index (κ3) is 2.88. The van der Waals surface area contributed by atoms with Crippen molar-refractivity contribution in [2.24, 2.45) is 0 Å². The molecule has 0 atom stereocenters. The molecule has 0 heterocycles. The maximum atomic E-state index is 13.5. The zero-order valence-corrected chi connectivity index (χ0v) is 10.2. The molecule has 2 aromatic carbocycles. The number of nitrogen functional groups attached to an aromatic ring is 1. The van der Waals surface area contributed by atoms with Gasteiger partial charge in [0.1, 0.15) is 11.6 Å². The summed E-state index contributed by atoms with van der Waals surface area (Å²) in [5, 5.41) is 2.52. The predicted octanol–water partition coefficient (Wildman–Crippen LogP) is 3.11. The summed E-state index contributed by atoms with van der Waals surface area (Å²) in [6, 6.07) is 7.68. The number of anilines is 2. The predicted molar refractivity (Wildman–Crippen MR) is 69.9 cm³/mol. The van der Waals surface area contributed by atoms with Crippen molar-refractivity contribution >= 4 is 17.3 Å². The van der Waals surface area contributed by atoms with Gasteiger partial charge in [-0.05, 0) is 48.9 Å². The number of aryl methyl sites for hydroxylation is 1. The summed E-state index contributed by atoms with van der Waals surface area (Å²) in [7, 11) is 0. The fraction of sp³-hybridized carbons (Fsp3) is 0.0714. The molecular formula is C14H12F2N2O. The first kappa shape index (κ1) is 13.0. The molecule has 0 fully saturated rings. The molecule has 19 heavy (non-hydrogen) atoms. The van der Waals surface area contributed by atoms with Crippen LogP contribution in [0, 0.1) is 18.6 Å². The number of hydrogen-bond donors (Lipinski definition) is 2. The molecule has 0 aromatic heterocycles. The Morgan fingerprint density at radius 3 is 2.58 bits per heavy atom. The summed E-state index contributed by atoms with van der Waals surface area (Å²) in [6.07, 6.45) is 0. The van der Waals surface area contributed by atoms with Crippen molar-refractivity contribution in [1.29, 1.82) is 0 Å². The highest BCUT2D eigenvalue weighted by Gasteiger charge is 2.13. The maximum absolute atomic E-state index is 13.5. The lowest BCUT2D eigenvalue weighted by Crippen LogP contribution is -2.15. The van der Waals surface area contributed by atoms with Crippen molar-refractivity contribution in [2.45, 2.75) is 6.92 Å². The molecule has 2 aromatic rings. The number of amides is 1. The zero-order valence-electron chi connectivity index (χ0n) is 10.2. The molecule has 0 unspecified atom stereocenters. The fourth-order valence-electron chi connectivity index (χ4n) is 1.67. The van der Waals surface area contributed by atoms with Crippen LogP contribution in [0.15, 0.2) is 36.4 Å². The molecule has 98 valence electrons. The van der Waals surface area contributed by atoms with Gasteiger partial charge >= 0.3 is 0 Å². The molecule has 0 aliphatic carbocycles. The lowest BCUT2D eigenvalue weighted by molar-refractivity contribution is 0.102. The van der Waals surface area contributed by atoms with E-state index in [1.165, 1.54) is 30.3 Å². The topological polar surface area (TPSA) is 55.1 Å². The smallest absolute Gasteiger partial charge is 0.258 e. The standard InChI is InChI=1S/C14H12F2N2O/c1-8-6-9(15)2-5-13(8)18-14(19)11-7-10(17)3-4-12(11)16/h2-7H,17H2,1H3,(H,18,19). The van der Waals surface area contributed by atoms with Crippen LogP contribution >= 0.6 is 0 Å². The second kappa shape index (κ2) is 5.06. The van der Waals surface area contributed by atoms with Gasteiger partial charge in [-0.25, -0.2) is 8.78 Å². The van der Waals surface area contributed by atoms with Gasteiger partial charge in [-0.3, -0.25) is 4.79 Å². The van der Waals surface area contributed by atoms with Crippen LogP contribution in [0.1, 0.15) is 15.9 Å². The molecule has 0 bridgehead atoms. The number of benzene rings is 2. The summed E-state index contributed by atoms with van der Waals surface area (Å²) >= 11 is 0. The van der Waals surface area contributed by atoms with Crippen molar-refractivity contribution in [3.8, 4) is 0 Å². The highest BCUT2D eigenvalue weighted by molar-refractivity contribution is 6.05. The Hall–Kier alpha value is -2.43. The van der Waals surface area contributed by atoms with E-state index in [4.69, 9.17) is 5.73 Å². The highest BCUT2D eigenvalue weighted by atomic mass is 19.1. The number of carbonyl (C=O) groups excluding carboxylic acids is 1. The molecule has 0 saturated heterocycles. The average Bonchev–Trinajstić information content (AvgIpc) is 2.35. The van der Waals surface area contributed by atoms with E-state index in [0.717, 1.165) is 6.07 Å². The van der Waals surface area contributed by atoms with E-state index in [1.807, 2.05) is 0 Å². The Morgan fingerprint density at radius 1 is 1.16 bits per heavy atom. The summed E-state index contributed by atoms with van der Waals surface area (Å²) in [5.41, 5.74) is 6.63. The number of rotatable bonds is 2. The first-order chi connectivity index (χ1) is 8.97. The fourth-order valence-corrected chi connectivity index (χ4v) is 1.67. The van der Waals surface area contributed by atoms with Crippen LogP contribution in [0.2, 0.25) is 0 Å². The number of hydrogen-bond acceptors (Lipinski definition) is 2. The Kier molecular flexibility index (Phi) is 3.46. The van der Waals surface area contributed by atoms with Gasteiger partial charge in [0.05, 0.1) is 5.56 Å². The summed E-state index contributed by atoms with van der Waals surface area (Å²) < 4.78 is 26.4. The van der Waals surface area contributed by atoms with Crippen molar-refractivity contribution < 1.29 is 13.6 Å². The Morgan fingerprint density at radius 2 is 1.89 bits per heavy atom. The number of carbonyl (C=O) groups is 1. The van der Waals surface area contributed by atoms with Gasteiger partial charge in [0.2, 0.25) is 0 Å². The molecule has 0 aliphatic rings. The third-order valence-electron chi connectivity index (χ3n) is 2.67. The van der Waals surface area contributed by atoms with Crippen LogP contribution in [0.5, 0.6) is 0 Å². The molecule has 2 rings (SSSR count). The van der Waals surface area contributed by atoms with Crippen LogP contribution in [-0.4, -0.2) is 5.91 Å². The minimum Gasteiger partial charge on any atom is -0.399 e. The van der Waals surface area contributed by atoms with Crippen LogP contribution in [0.25, 0.3) is 0 Å². The number of nitrogens with one attached hydrogen (secondary N) is 1. The molecule has 1 amide bonds. The minimum absolute atomic E-state index is 0.149. The van der Waals surface area contributed by atoms with Gasteiger partial charge in [-0.1, -0.05) is 0 Å². The molecule has 0 radical (unpaired) electrons. The normalized spacial score (nSPS) is 10.3. The van der Waals surface area contributed by atoms with Gasteiger partial charge in [0, 0.05) is 11.4 Å². The van der Waals surface area contributed by atoms with Crippen molar-refractivity contribution in [3.63, 3.8) is 0 Å². The van der Waals surface area contributed by atoms with Crippen molar-refractivity contribution in [1.82, 2.24) is 0 Å². The van der Waals surface area contributed by atoms with Crippen molar-refractivity contribution in [3.05, 3.63) is 59.2 Å². The first-order valence-corrected chi connectivity index (χ1v) is 5.60. The number of nitrogens with two attached hydrogens (primary N) is 1. The molecule has 0 aliphatic heterocycles. The quantitative estimate of drug-likeness (QED) is 0.817. The Bertz CT molecular complexity index is 641. The first-order valence-electron chi connectivity index (χ1n) is 5.60. The summed E-state index contributed by atoms with van der Waals surface area (Å²) in [6.45, 7) is 1.65. The van der Waals surface area contributed by atoms with Crippen molar-refractivity contribution in [2.75, 3.05) is 11.1 Å². The molecule has 5 heteroatoms. The van der Waals surface area contributed by atoms with Gasteiger partial charge in [-0.2, -0.15) is 0 Å². The lowest BCUT2D eigenvalue weighted by atomic mass is 10.1. The molecule has 0 spiro atoms.